The number of hydrogen-bond acceptors (Lipinski definition) is 4. The van der Waals surface area contributed by atoms with E-state index in [4.69, 9.17) is 15.2 Å². The number of carbonyl (C=O) groups excluding carboxylic acids is 1. The number of benzene rings is 1. The predicted molar refractivity (Wildman–Crippen MR) is 93.4 cm³/mol. The van der Waals surface area contributed by atoms with Crippen molar-refractivity contribution < 1.29 is 14.3 Å². The molecule has 2 atom stereocenters. The lowest BCUT2D eigenvalue weighted by Gasteiger charge is -2.39. The molecule has 2 N–H and O–H groups in total. The van der Waals surface area contributed by atoms with E-state index in [1.165, 1.54) is 0 Å². The number of hydrogen-bond donors (Lipinski definition) is 1. The van der Waals surface area contributed by atoms with Gasteiger partial charge in [-0.1, -0.05) is 28.1 Å². The molecule has 23 heavy (non-hydrogen) atoms. The normalized spacial score (nSPS) is 20.2. The van der Waals surface area contributed by atoms with Gasteiger partial charge in [0, 0.05) is 17.1 Å². The van der Waals surface area contributed by atoms with Gasteiger partial charge in [-0.3, -0.25) is 4.90 Å². The molecular weight excluding hydrogens is 360 g/mol. The Bertz CT molecular complexity index is 528. The molecule has 1 aliphatic heterocycles. The van der Waals surface area contributed by atoms with Gasteiger partial charge in [0.1, 0.15) is 5.60 Å². The first-order chi connectivity index (χ1) is 10.8. The van der Waals surface area contributed by atoms with Crippen molar-refractivity contribution in [2.24, 2.45) is 5.73 Å². The molecule has 0 aromatic heterocycles. The summed E-state index contributed by atoms with van der Waals surface area (Å²) in [6.45, 7) is 7.05. The van der Waals surface area contributed by atoms with E-state index in [1.54, 1.807) is 4.90 Å². The Morgan fingerprint density at radius 1 is 1.43 bits per heavy atom. The van der Waals surface area contributed by atoms with Crippen LogP contribution in [0.25, 0.3) is 0 Å². The molecule has 5 nitrogen and oxygen atoms in total. The summed E-state index contributed by atoms with van der Waals surface area (Å²) in [4.78, 5) is 14.1. The number of nitrogens with two attached hydrogens (primary N) is 1. The average molecular weight is 385 g/mol. The number of morpholine rings is 1. The summed E-state index contributed by atoms with van der Waals surface area (Å²) in [5.74, 6) is 0. The zero-order valence-corrected chi connectivity index (χ0v) is 15.5. The largest absolute Gasteiger partial charge is 0.444 e. The first-order valence-corrected chi connectivity index (χ1v) is 8.63. The molecule has 2 rings (SSSR count). The third-order valence-electron chi connectivity index (χ3n) is 3.67. The van der Waals surface area contributed by atoms with Crippen molar-refractivity contribution in [2.75, 3.05) is 19.8 Å². The highest BCUT2D eigenvalue weighted by atomic mass is 79.9. The van der Waals surface area contributed by atoms with Crippen molar-refractivity contribution in [1.29, 1.82) is 0 Å². The second-order valence-electron chi connectivity index (χ2n) is 6.81. The quantitative estimate of drug-likeness (QED) is 0.869. The van der Waals surface area contributed by atoms with Crippen LogP contribution in [0.3, 0.4) is 0 Å². The van der Waals surface area contributed by atoms with E-state index in [1.807, 2.05) is 45.0 Å². The minimum absolute atomic E-state index is 0.178. The smallest absolute Gasteiger partial charge is 0.410 e. The number of carbonyl (C=O) groups is 1. The number of nitrogens with zero attached hydrogens (tertiary/aromatic N) is 1. The Morgan fingerprint density at radius 2 is 2.09 bits per heavy atom. The van der Waals surface area contributed by atoms with Gasteiger partial charge in [-0.15, -0.1) is 0 Å². The Kier molecular flexibility index (Phi) is 6.06. The first kappa shape index (κ1) is 18.2. The van der Waals surface area contributed by atoms with Crippen LogP contribution in [0.4, 0.5) is 4.79 Å². The molecule has 1 fully saturated rings. The van der Waals surface area contributed by atoms with Crippen molar-refractivity contribution >= 4 is 22.0 Å². The van der Waals surface area contributed by atoms with Gasteiger partial charge in [-0.05, 0) is 44.9 Å². The SMILES string of the molecule is CC(C)(C)OC(=O)N1CCOCC1C(N)Cc1ccc(Br)cc1. The van der Waals surface area contributed by atoms with Crippen LogP contribution in [0.2, 0.25) is 0 Å². The molecular formula is C17H25BrN2O3. The lowest BCUT2D eigenvalue weighted by Crippen LogP contribution is -2.58. The van der Waals surface area contributed by atoms with Crippen LogP contribution < -0.4 is 5.73 Å². The van der Waals surface area contributed by atoms with Crippen LogP contribution in [0.15, 0.2) is 28.7 Å². The lowest BCUT2D eigenvalue weighted by molar-refractivity contribution is -0.0378. The zero-order chi connectivity index (χ0) is 17.0. The van der Waals surface area contributed by atoms with Gasteiger partial charge in [-0.2, -0.15) is 0 Å². The fraction of sp³-hybridized carbons (Fsp3) is 0.588. The number of rotatable bonds is 3. The monoisotopic (exact) mass is 384 g/mol. The van der Waals surface area contributed by atoms with Crippen LogP contribution in [0.5, 0.6) is 0 Å². The second-order valence-corrected chi connectivity index (χ2v) is 7.73. The van der Waals surface area contributed by atoms with E-state index in [0.29, 0.717) is 26.2 Å². The van der Waals surface area contributed by atoms with E-state index in [2.05, 4.69) is 15.9 Å². The average Bonchev–Trinajstić information content (AvgIpc) is 2.48. The highest BCUT2D eigenvalue weighted by molar-refractivity contribution is 9.10. The van der Waals surface area contributed by atoms with E-state index >= 15 is 0 Å². The third-order valence-corrected chi connectivity index (χ3v) is 4.20. The van der Waals surface area contributed by atoms with Gasteiger partial charge >= 0.3 is 6.09 Å². The minimum atomic E-state index is -0.518. The van der Waals surface area contributed by atoms with E-state index in [9.17, 15) is 4.79 Å². The van der Waals surface area contributed by atoms with Crippen LogP contribution in [0.1, 0.15) is 26.3 Å². The van der Waals surface area contributed by atoms with Crippen molar-refractivity contribution in [2.45, 2.75) is 44.9 Å². The summed E-state index contributed by atoms with van der Waals surface area (Å²) in [7, 11) is 0. The van der Waals surface area contributed by atoms with E-state index in [0.717, 1.165) is 10.0 Å². The number of amides is 1. The molecule has 1 aliphatic rings. The second kappa shape index (κ2) is 7.64. The molecule has 1 aromatic rings. The van der Waals surface area contributed by atoms with E-state index < -0.39 is 5.60 Å². The molecule has 1 heterocycles. The molecule has 1 aromatic carbocycles. The summed E-state index contributed by atoms with van der Waals surface area (Å²) in [5.41, 5.74) is 6.99. The Balaban J connectivity index is 2.04. The standard InChI is InChI=1S/C17H25BrN2O3/c1-17(2,3)23-16(21)20-8-9-22-11-15(20)14(19)10-12-4-6-13(18)7-5-12/h4-7,14-15H,8-11,19H2,1-3H3. The summed E-state index contributed by atoms with van der Waals surface area (Å²) in [6, 6.07) is 7.67. The molecule has 0 bridgehead atoms. The Hall–Kier alpha value is -1.11. The highest BCUT2D eigenvalue weighted by Crippen LogP contribution is 2.19. The summed E-state index contributed by atoms with van der Waals surface area (Å²) < 4.78 is 12.1. The summed E-state index contributed by atoms with van der Waals surface area (Å²) in [6.07, 6.45) is 0.359. The molecule has 2 unspecified atom stereocenters. The zero-order valence-electron chi connectivity index (χ0n) is 13.9. The number of halogens is 1. The van der Waals surface area contributed by atoms with Crippen molar-refractivity contribution in [3.8, 4) is 0 Å². The Morgan fingerprint density at radius 3 is 2.70 bits per heavy atom. The van der Waals surface area contributed by atoms with Crippen molar-refractivity contribution in [3.63, 3.8) is 0 Å². The Labute approximate surface area is 146 Å². The molecule has 1 saturated heterocycles. The molecule has 0 aliphatic carbocycles. The molecule has 1 amide bonds. The molecule has 0 saturated carbocycles. The van der Waals surface area contributed by atoms with Crippen LogP contribution >= 0.6 is 15.9 Å². The van der Waals surface area contributed by atoms with Crippen LogP contribution in [-0.4, -0.2) is 48.4 Å². The fourth-order valence-electron chi connectivity index (χ4n) is 2.55. The highest BCUT2D eigenvalue weighted by Gasteiger charge is 2.34. The minimum Gasteiger partial charge on any atom is -0.444 e. The maximum absolute atomic E-state index is 12.4. The van der Waals surface area contributed by atoms with Crippen molar-refractivity contribution in [3.05, 3.63) is 34.3 Å². The van der Waals surface area contributed by atoms with Gasteiger partial charge < -0.3 is 15.2 Å². The molecule has 0 radical (unpaired) electrons. The fourth-order valence-corrected chi connectivity index (χ4v) is 2.82. The maximum Gasteiger partial charge on any atom is 0.410 e. The maximum atomic E-state index is 12.4. The third kappa shape index (κ3) is 5.48. The van der Waals surface area contributed by atoms with Gasteiger partial charge in [-0.25, -0.2) is 4.79 Å². The van der Waals surface area contributed by atoms with Crippen LogP contribution in [0, 0.1) is 0 Å². The van der Waals surface area contributed by atoms with Gasteiger partial charge in [0.15, 0.2) is 0 Å². The van der Waals surface area contributed by atoms with Gasteiger partial charge in [0.25, 0.3) is 0 Å². The summed E-state index contributed by atoms with van der Waals surface area (Å²) >= 11 is 3.42. The molecule has 0 spiro atoms. The van der Waals surface area contributed by atoms with Crippen LogP contribution in [-0.2, 0) is 15.9 Å². The predicted octanol–water partition coefficient (Wildman–Crippen LogP) is 2.95. The first-order valence-electron chi connectivity index (χ1n) is 7.83. The van der Waals surface area contributed by atoms with E-state index in [-0.39, 0.29) is 18.2 Å². The van der Waals surface area contributed by atoms with Gasteiger partial charge in [0.2, 0.25) is 0 Å². The topological polar surface area (TPSA) is 64.8 Å². The molecule has 6 heteroatoms. The summed E-state index contributed by atoms with van der Waals surface area (Å²) in [5, 5.41) is 0. The lowest BCUT2D eigenvalue weighted by atomic mass is 9.99. The number of ether oxygens (including phenoxy) is 2. The van der Waals surface area contributed by atoms with Crippen molar-refractivity contribution in [1.82, 2.24) is 4.90 Å². The molecule has 128 valence electrons. The van der Waals surface area contributed by atoms with Gasteiger partial charge in [0.05, 0.1) is 19.3 Å².